The predicted molar refractivity (Wildman–Crippen MR) is 57.5 cm³/mol. The molecule has 0 amide bonds. The summed E-state index contributed by atoms with van der Waals surface area (Å²) in [6.07, 6.45) is 2.96. The molecular formula is C10H19NO3S. The first-order valence-corrected chi connectivity index (χ1v) is 6.89. The van der Waals surface area contributed by atoms with Crippen LogP contribution in [-0.4, -0.2) is 21.6 Å². The lowest BCUT2D eigenvalue weighted by Crippen LogP contribution is -2.56. The third-order valence-electron chi connectivity index (χ3n) is 4.30. The van der Waals surface area contributed by atoms with Crippen LogP contribution in [0.5, 0.6) is 0 Å². The minimum Gasteiger partial charge on any atom is -0.254 e. The van der Waals surface area contributed by atoms with E-state index in [1.807, 2.05) is 0 Å². The van der Waals surface area contributed by atoms with Gasteiger partial charge in [0.25, 0.3) is 0 Å². The van der Waals surface area contributed by atoms with E-state index in [1.165, 1.54) is 7.05 Å². The van der Waals surface area contributed by atoms with E-state index in [9.17, 15) is 8.42 Å². The van der Waals surface area contributed by atoms with Crippen LogP contribution in [0.4, 0.5) is 0 Å². The summed E-state index contributed by atoms with van der Waals surface area (Å²) in [6, 6.07) is 0. The van der Waals surface area contributed by atoms with Crippen molar-refractivity contribution in [2.45, 2.75) is 39.2 Å². The van der Waals surface area contributed by atoms with E-state index < -0.39 is 10.3 Å². The molecule has 3 aliphatic rings. The Morgan fingerprint density at radius 2 is 2.00 bits per heavy atom. The molecule has 3 saturated carbocycles. The standard InChI is InChI=1S/C10H19NO3S/c1-10(2)7-4-5-9(8(10)6-7)14-15(12,13)11-3/h7-9,11H,4-6H2,1-3H3/t7-,8+,9+/m0/s1. The van der Waals surface area contributed by atoms with Crippen LogP contribution in [-0.2, 0) is 14.5 Å². The molecule has 3 fully saturated rings. The number of fused-ring (bicyclic) bond motifs is 2. The molecule has 3 rings (SSSR count). The third kappa shape index (κ3) is 1.81. The molecule has 3 aliphatic carbocycles. The van der Waals surface area contributed by atoms with Gasteiger partial charge in [-0.3, -0.25) is 4.18 Å². The van der Waals surface area contributed by atoms with Crippen molar-refractivity contribution in [1.82, 2.24) is 4.72 Å². The molecule has 4 nitrogen and oxygen atoms in total. The van der Waals surface area contributed by atoms with E-state index in [2.05, 4.69) is 18.6 Å². The summed E-state index contributed by atoms with van der Waals surface area (Å²) in [5.74, 6) is 1.17. The van der Waals surface area contributed by atoms with Gasteiger partial charge in [0.15, 0.2) is 0 Å². The van der Waals surface area contributed by atoms with Crippen LogP contribution in [0.25, 0.3) is 0 Å². The van der Waals surface area contributed by atoms with E-state index >= 15 is 0 Å². The molecule has 0 aliphatic heterocycles. The smallest absolute Gasteiger partial charge is 0.254 e. The van der Waals surface area contributed by atoms with Crippen molar-refractivity contribution in [2.24, 2.45) is 17.3 Å². The molecule has 0 aromatic heterocycles. The highest BCUT2D eigenvalue weighted by Crippen LogP contribution is 2.59. The van der Waals surface area contributed by atoms with Gasteiger partial charge >= 0.3 is 10.3 Å². The first-order valence-electron chi connectivity index (χ1n) is 5.48. The minimum atomic E-state index is -3.53. The topological polar surface area (TPSA) is 55.4 Å². The quantitative estimate of drug-likeness (QED) is 0.799. The van der Waals surface area contributed by atoms with Gasteiger partial charge in [0.2, 0.25) is 0 Å². The molecule has 15 heavy (non-hydrogen) atoms. The molecule has 0 unspecified atom stereocenters. The van der Waals surface area contributed by atoms with E-state index in [1.54, 1.807) is 0 Å². The molecule has 1 N–H and O–H groups in total. The summed E-state index contributed by atoms with van der Waals surface area (Å²) in [4.78, 5) is 0. The molecule has 2 bridgehead atoms. The molecule has 0 aromatic rings. The SMILES string of the molecule is CNS(=O)(=O)O[C@@H]1CC[C@H]2C[C@H]1C2(C)C. The maximum atomic E-state index is 11.3. The van der Waals surface area contributed by atoms with Gasteiger partial charge in [0.1, 0.15) is 0 Å². The molecule has 0 radical (unpaired) electrons. The predicted octanol–water partition coefficient (Wildman–Crippen LogP) is 1.29. The van der Waals surface area contributed by atoms with E-state index in [4.69, 9.17) is 4.18 Å². The number of hydrogen-bond donors (Lipinski definition) is 1. The van der Waals surface area contributed by atoms with Crippen molar-refractivity contribution < 1.29 is 12.6 Å². The maximum Gasteiger partial charge on any atom is 0.335 e. The van der Waals surface area contributed by atoms with Gasteiger partial charge in [0, 0.05) is 7.05 Å². The Hall–Kier alpha value is -0.130. The summed E-state index contributed by atoms with van der Waals surface area (Å²) in [6.45, 7) is 4.43. The Kier molecular flexibility index (Phi) is 2.60. The highest BCUT2D eigenvalue weighted by Gasteiger charge is 2.55. The molecule has 0 heterocycles. The normalized spacial score (nSPS) is 38.5. The van der Waals surface area contributed by atoms with E-state index in [0.717, 1.165) is 25.2 Å². The van der Waals surface area contributed by atoms with Crippen LogP contribution in [0.1, 0.15) is 33.1 Å². The van der Waals surface area contributed by atoms with Crippen LogP contribution >= 0.6 is 0 Å². The Morgan fingerprint density at radius 1 is 1.33 bits per heavy atom. The van der Waals surface area contributed by atoms with Gasteiger partial charge in [-0.1, -0.05) is 13.8 Å². The summed E-state index contributed by atoms with van der Waals surface area (Å²) in [5.41, 5.74) is 0.256. The number of nitrogens with one attached hydrogen (secondary N) is 1. The largest absolute Gasteiger partial charge is 0.335 e. The van der Waals surface area contributed by atoms with Crippen molar-refractivity contribution in [1.29, 1.82) is 0 Å². The average Bonchev–Trinajstić information content (AvgIpc) is 2.17. The molecule has 5 heteroatoms. The summed E-state index contributed by atoms with van der Waals surface area (Å²) in [5, 5.41) is 0. The Labute approximate surface area is 91.6 Å². The maximum absolute atomic E-state index is 11.3. The average molecular weight is 233 g/mol. The first kappa shape index (κ1) is 11.4. The van der Waals surface area contributed by atoms with Crippen LogP contribution < -0.4 is 4.72 Å². The fourth-order valence-electron chi connectivity index (χ4n) is 3.07. The fraction of sp³-hybridized carbons (Fsp3) is 1.00. The van der Waals surface area contributed by atoms with E-state index in [0.29, 0.717) is 5.92 Å². The molecular weight excluding hydrogens is 214 g/mol. The second kappa shape index (κ2) is 3.43. The van der Waals surface area contributed by atoms with Gasteiger partial charge < -0.3 is 0 Å². The van der Waals surface area contributed by atoms with Gasteiger partial charge in [0.05, 0.1) is 6.10 Å². The zero-order valence-electron chi connectivity index (χ0n) is 9.49. The number of rotatable bonds is 3. The van der Waals surface area contributed by atoms with Gasteiger partial charge in [-0.15, -0.1) is 0 Å². The lowest BCUT2D eigenvalue weighted by atomic mass is 9.48. The Balaban J connectivity index is 2.06. The van der Waals surface area contributed by atoms with E-state index in [-0.39, 0.29) is 11.5 Å². The van der Waals surface area contributed by atoms with Crippen LogP contribution in [0.2, 0.25) is 0 Å². The second-order valence-electron chi connectivity index (χ2n) is 5.23. The summed E-state index contributed by atoms with van der Waals surface area (Å²) >= 11 is 0. The van der Waals surface area contributed by atoms with Crippen molar-refractivity contribution in [3.05, 3.63) is 0 Å². The monoisotopic (exact) mass is 233 g/mol. The summed E-state index contributed by atoms with van der Waals surface area (Å²) in [7, 11) is -2.15. The number of hydrogen-bond acceptors (Lipinski definition) is 3. The highest BCUT2D eigenvalue weighted by molar-refractivity contribution is 7.84. The Bertz CT molecular complexity index is 348. The lowest BCUT2D eigenvalue weighted by molar-refractivity contribution is -0.129. The third-order valence-corrected chi connectivity index (χ3v) is 5.30. The van der Waals surface area contributed by atoms with Crippen LogP contribution in [0.3, 0.4) is 0 Å². The van der Waals surface area contributed by atoms with Crippen molar-refractivity contribution in [2.75, 3.05) is 7.05 Å². The fourth-order valence-corrected chi connectivity index (χ4v) is 3.72. The minimum absolute atomic E-state index is 0.123. The van der Waals surface area contributed by atoms with Crippen LogP contribution in [0, 0.1) is 17.3 Å². The van der Waals surface area contributed by atoms with Crippen molar-refractivity contribution in [3.63, 3.8) is 0 Å². The highest BCUT2D eigenvalue weighted by atomic mass is 32.2. The molecule has 0 spiro atoms. The van der Waals surface area contributed by atoms with Crippen LogP contribution in [0.15, 0.2) is 0 Å². The Morgan fingerprint density at radius 3 is 2.47 bits per heavy atom. The van der Waals surface area contributed by atoms with Crippen molar-refractivity contribution >= 4 is 10.3 Å². The molecule has 0 aromatic carbocycles. The van der Waals surface area contributed by atoms with Gasteiger partial charge in [-0.2, -0.15) is 13.1 Å². The summed E-state index contributed by atoms with van der Waals surface area (Å²) < 4.78 is 30.0. The molecule has 3 atom stereocenters. The molecule has 88 valence electrons. The first-order chi connectivity index (χ1) is 6.87. The zero-order chi connectivity index (χ0) is 11.3. The van der Waals surface area contributed by atoms with Gasteiger partial charge in [-0.05, 0) is 36.5 Å². The van der Waals surface area contributed by atoms with Crippen molar-refractivity contribution in [3.8, 4) is 0 Å². The zero-order valence-corrected chi connectivity index (χ0v) is 10.3. The molecule has 0 saturated heterocycles. The van der Waals surface area contributed by atoms with Gasteiger partial charge in [-0.25, -0.2) is 0 Å². The second-order valence-corrected chi connectivity index (χ2v) is 6.74. The lowest BCUT2D eigenvalue weighted by Gasteiger charge is -2.59.